The number of hydrogen-bond donors (Lipinski definition) is 3. The fraction of sp³-hybridized carbons (Fsp3) is 0.400. The van der Waals surface area contributed by atoms with Crippen LogP contribution in [0.25, 0.3) is 0 Å². The second-order valence-corrected chi connectivity index (χ2v) is 6.36. The number of aromatic amines is 1. The lowest BCUT2D eigenvalue weighted by molar-refractivity contribution is 0.172. The molecule has 0 aromatic carbocycles. The number of nitrogens with zero attached hydrogens (tertiary/aromatic N) is 1. The molecule has 0 aliphatic carbocycles. The first-order chi connectivity index (χ1) is 8.45. The predicted molar refractivity (Wildman–Crippen MR) is 76.7 cm³/mol. The van der Waals surface area contributed by atoms with Gasteiger partial charge in [0.05, 0.1) is 21.5 Å². The third-order valence-corrected chi connectivity index (χ3v) is 5.02. The van der Waals surface area contributed by atoms with Crippen molar-refractivity contribution in [2.75, 3.05) is 6.61 Å². The second kappa shape index (κ2) is 5.19. The van der Waals surface area contributed by atoms with Gasteiger partial charge in [-0.05, 0) is 28.2 Å². The highest BCUT2D eigenvalue weighted by Gasteiger charge is 2.38. The zero-order valence-electron chi connectivity index (χ0n) is 9.17. The van der Waals surface area contributed by atoms with E-state index >= 15 is 0 Å². The van der Waals surface area contributed by atoms with Crippen molar-refractivity contribution in [3.63, 3.8) is 0 Å². The van der Waals surface area contributed by atoms with E-state index in [4.69, 9.17) is 5.11 Å². The van der Waals surface area contributed by atoms with Crippen molar-refractivity contribution < 1.29 is 10.2 Å². The van der Waals surface area contributed by atoms with Gasteiger partial charge >= 0.3 is 5.69 Å². The van der Waals surface area contributed by atoms with Crippen LogP contribution in [0.4, 0.5) is 0 Å². The van der Waals surface area contributed by atoms with Gasteiger partial charge in [-0.25, -0.2) is 4.79 Å². The molecule has 3 N–H and O–H groups in total. The summed E-state index contributed by atoms with van der Waals surface area (Å²) in [6.45, 7) is 3.55. The van der Waals surface area contributed by atoms with Crippen LogP contribution >= 0.6 is 34.4 Å². The minimum atomic E-state index is -0.860. The molecule has 0 unspecified atom stereocenters. The molecule has 0 bridgehead atoms. The van der Waals surface area contributed by atoms with E-state index in [1.54, 1.807) is 0 Å². The molecule has 3 atom stereocenters. The molecule has 0 amide bonds. The predicted octanol–water partition coefficient (Wildman–Crippen LogP) is -0.335. The Morgan fingerprint density at radius 2 is 2.22 bits per heavy atom. The molecule has 0 spiro atoms. The van der Waals surface area contributed by atoms with E-state index in [9.17, 15) is 14.7 Å². The highest BCUT2D eigenvalue weighted by molar-refractivity contribution is 14.1. The van der Waals surface area contributed by atoms with Gasteiger partial charge in [0.25, 0.3) is 5.56 Å². The zero-order chi connectivity index (χ0) is 13.4. The number of aliphatic hydroxyl groups is 2. The molecule has 2 rings (SSSR count). The Kier molecular flexibility index (Phi) is 3.99. The number of thioether (sulfide) groups is 1. The summed E-state index contributed by atoms with van der Waals surface area (Å²) in [5.41, 5.74) is -0.543. The third kappa shape index (κ3) is 2.29. The Morgan fingerprint density at radius 3 is 2.78 bits per heavy atom. The summed E-state index contributed by atoms with van der Waals surface area (Å²) < 4.78 is 1.69. The van der Waals surface area contributed by atoms with E-state index in [1.807, 2.05) is 22.6 Å². The normalized spacial score (nSPS) is 27.7. The summed E-state index contributed by atoms with van der Waals surface area (Å²) in [5.74, 6) is 0. The van der Waals surface area contributed by atoms with E-state index in [-0.39, 0.29) is 6.61 Å². The number of hydrogen-bond acceptors (Lipinski definition) is 5. The van der Waals surface area contributed by atoms with Crippen LogP contribution in [0.1, 0.15) is 5.37 Å². The monoisotopic (exact) mass is 382 g/mol. The molecular formula is C10H11IN2O4S. The summed E-state index contributed by atoms with van der Waals surface area (Å²) in [6, 6.07) is 0. The van der Waals surface area contributed by atoms with E-state index in [0.29, 0.717) is 9.14 Å². The lowest BCUT2D eigenvalue weighted by Crippen LogP contribution is -2.32. The average molecular weight is 382 g/mol. The molecule has 6 nitrogen and oxygen atoms in total. The quantitative estimate of drug-likeness (QED) is 0.481. The van der Waals surface area contributed by atoms with Gasteiger partial charge in [0, 0.05) is 6.20 Å². The summed E-state index contributed by atoms with van der Waals surface area (Å²) >= 11 is 3.07. The van der Waals surface area contributed by atoms with Crippen LogP contribution < -0.4 is 11.2 Å². The molecule has 1 fully saturated rings. The average Bonchev–Trinajstić information content (AvgIpc) is 2.61. The molecule has 8 heteroatoms. The van der Waals surface area contributed by atoms with Crippen molar-refractivity contribution >= 4 is 34.4 Å². The van der Waals surface area contributed by atoms with Gasteiger partial charge in [0.1, 0.15) is 5.37 Å². The van der Waals surface area contributed by atoms with Crippen LogP contribution in [0.15, 0.2) is 27.9 Å². The standard InChI is InChI=1S/C10H11IN2O4S/c1-4-7(15)6(3-14)18-9(4)13-2-5(11)8(16)12-10(13)17/h2,6-7,9,14-15H,1,3H2,(H,12,16,17)/t6-,7+,9+/m1/s1. The van der Waals surface area contributed by atoms with Crippen molar-refractivity contribution in [3.05, 3.63) is 42.8 Å². The Hall–Kier alpha value is -0.580. The highest BCUT2D eigenvalue weighted by atomic mass is 127. The van der Waals surface area contributed by atoms with Gasteiger partial charge in [-0.3, -0.25) is 14.3 Å². The van der Waals surface area contributed by atoms with Gasteiger partial charge in [0.2, 0.25) is 0 Å². The second-order valence-electron chi connectivity index (χ2n) is 3.87. The summed E-state index contributed by atoms with van der Waals surface area (Å²) in [4.78, 5) is 25.2. The molecule has 1 saturated heterocycles. The Morgan fingerprint density at radius 1 is 1.56 bits per heavy atom. The number of nitrogens with one attached hydrogen (secondary N) is 1. The minimum absolute atomic E-state index is 0.198. The van der Waals surface area contributed by atoms with Crippen molar-refractivity contribution in [1.29, 1.82) is 0 Å². The molecule has 0 radical (unpaired) electrons. The molecule has 2 heterocycles. The van der Waals surface area contributed by atoms with Gasteiger partial charge in [-0.1, -0.05) is 6.58 Å². The molecule has 1 aromatic heterocycles. The Balaban J connectivity index is 2.45. The topological polar surface area (TPSA) is 95.3 Å². The van der Waals surface area contributed by atoms with Gasteiger partial charge < -0.3 is 10.2 Å². The summed E-state index contributed by atoms with van der Waals surface area (Å²) in [7, 11) is 0. The van der Waals surface area contributed by atoms with Gasteiger partial charge in [-0.15, -0.1) is 11.8 Å². The maximum Gasteiger partial charge on any atom is 0.329 e. The van der Waals surface area contributed by atoms with Crippen LogP contribution in [0, 0.1) is 3.57 Å². The summed E-state index contributed by atoms with van der Waals surface area (Å²) in [6.07, 6.45) is 0.568. The van der Waals surface area contributed by atoms with E-state index in [0.717, 1.165) is 0 Å². The largest absolute Gasteiger partial charge is 0.395 e. The van der Waals surface area contributed by atoms with Crippen molar-refractivity contribution in [2.24, 2.45) is 0 Å². The van der Waals surface area contributed by atoms with E-state index < -0.39 is 28.0 Å². The fourth-order valence-electron chi connectivity index (χ4n) is 1.73. The molecule has 0 saturated carbocycles. The Bertz CT molecular complexity index is 596. The van der Waals surface area contributed by atoms with Crippen LogP contribution in [-0.2, 0) is 0 Å². The molecule has 98 valence electrons. The number of rotatable bonds is 2. The lowest BCUT2D eigenvalue weighted by Gasteiger charge is -2.14. The molecule has 18 heavy (non-hydrogen) atoms. The first kappa shape index (κ1) is 13.8. The molecule has 1 aromatic rings. The number of aliphatic hydroxyl groups excluding tert-OH is 2. The Labute approximate surface area is 120 Å². The van der Waals surface area contributed by atoms with Crippen LogP contribution in [0.5, 0.6) is 0 Å². The molecule has 1 aliphatic rings. The van der Waals surface area contributed by atoms with Crippen molar-refractivity contribution in [3.8, 4) is 0 Å². The first-order valence-electron chi connectivity index (χ1n) is 5.09. The molecular weight excluding hydrogens is 371 g/mol. The lowest BCUT2D eigenvalue weighted by atomic mass is 10.1. The number of H-pyrrole nitrogens is 1. The van der Waals surface area contributed by atoms with Gasteiger partial charge in [-0.2, -0.15) is 0 Å². The third-order valence-electron chi connectivity index (χ3n) is 2.71. The van der Waals surface area contributed by atoms with E-state index in [2.05, 4.69) is 11.6 Å². The van der Waals surface area contributed by atoms with Crippen molar-refractivity contribution in [1.82, 2.24) is 9.55 Å². The first-order valence-corrected chi connectivity index (χ1v) is 7.12. The molecule has 1 aliphatic heterocycles. The smallest absolute Gasteiger partial charge is 0.329 e. The van der Waals surface area contributed by atoms with Gasteiger partial charge in [0.15, 0.2) is 0 Å². The summed E-state index contributed by atoms with van der Waals surface area (Å²) in [5, 5.41) is 18.1. The fourth-order valence-corrected chi connectivity index (χ4v) is 3.51. The minimum Gasteiger partial charge on any atom is -0.395 e. The zero-order valence-corrected chi connectivity index (χ0v) is 12.1. The number of halogens is 1. The SMILES string of the molecule is C=C1[C@H](O)[C@@H](CO)S[C@@H]1n1cc(I)c(=O)[nH]c1=O. The number of aromatic nitrogens is 2. The van der Waals surface area contributed by atoms with Crippen LogP contribution in [0.2, 0.25) is 0 Å². The maximum atomic E-state index is 11.7. The highest BCUT2D eigenvalue weighted by Crippen LogP contribution is 2.43. The maximum absolute atomic E-state index is 11.7. The van der Waals surface area contributed by atoms with Crippen molar-refractivity contribution in [2.45, 2.75) is 16.7 Å². The van der Waals surface area contributed by atoms with Crippen LogP contribution in [-0.4, -0.2) is 37.7 Å². The van der Waals surface area contributed by atoms with E-state index in [1.165, 1.54) is 22.5 Å². The van der Waals surface area contributed by atoms with Crippen LogP contribution in [0.3, 0.4) is 0 Å².